The van der Waals surface area contributed by atoms with Crippen molar-refractivity contribution >= 4 is 21.4 Å². The van der Waals surface area contributed by atoms with Crippen LogP contribution in [0.4, 0.5) is 0 Å². The third-order valence-corrected chi connectivity index (χ3v) is 8.11. The second-order valence-electron chi connectivity index (χ2n) is 6.34. The fourth-order valence-electron chi connectivity index (χ4n) is 3.42. The molecular formula is C14H20N2O2S2. The molecule has 2 bridgehead atoms. The predicted molar refractivity (Wildman–Crippen MR) is 79.2 cm³/mol. The number of piperidine rings is 1. The number of rotatable bonds is 5. The van der Waals surface area contributed by atoms with E-state index in [4.69, 9.17) is 0 Å². The summed E-state index contributed by atoms with van der Waals surface area (Å²) in [5, 5.41) is 5.42. The molecule has 1 aliphatic heterocycles. The van der Waals surface area contributed by atoms with Crippen molar-refractivity contribution in [1.29, 1.82) is 0 Å². The predicted octanol–water partition coefficient (Wildman–Crippen LogP) is 2.17. The quantitative estimate of drug-likeness (QED) is 0.906. The standard InChI is InChI=1S/C14H20N2O2S2/c17-20(18,16-8-10-1-4-13(16)5-10)14-6-11(9-19-14)7-15-12-2-3-12/h6,9-10,12-13,15H,1-5,7-8H2. The molecule has 2 atom stereocenters. The summed E-state index contributed by atoms with van der Waals surface area (Å²) in [6.07, 6.45) is 5.84. The first-order valence-corrected chi connectivity index (χ1v) is 9.77. The number of fused-ring (bicyclic) bond motifs is 2. The van der Waals surface area contributed by atoms with Gasteiger partial charge < -0.3 is 5.32 Å². The molecular weight excluding hydrogens is 292 g/mol. The van der Waals surface area contributed by atoms with E-state index in [2.05, 4.69) is 5.32 Å². The van der Waals surface area contributed by atoms with Crippen LogP contribution in [0.25, 0.3) is 0 Å². The molecule has 6 heteroatoms. The Labute approximate surface area is 124 Å². The molecule has 0 radical (unpaired) electrons. The smallest absolute Gasteiger partial charge is 0.252 e. The highest BCUT2D eigenvalue weighted by Crippen LogP contribution is 2.41. The van der Waals surface area contributed by atoms with Crippen LogP contribution in [0.1, 0.15) is 37.7 Å². The number of sulfonamides is 1. The zero-order valence-electron chi connectivity index (χ0n) is 11.4. The summed E-state index contributed by atoms with van der Waals surface area (Å²) in [6, 6.07) is 2.78. The van der Waals surface area contributed by atoms with E-state index in [1.54, 1.807) is 4.31 Å². The molecule has 0 amide bonds. The van der Waals surface area contributed by atoms with Gasteiger partial charge in [-0.15, -0.1) is 11.3 Å². The van der Waals surface area contributed by atoms with Crippen LogP contribution in [-0.4, -0.2) is 31.4 Å². The normalized spacial score (nSPS) is 30.2. The molecule has 2 saturated carbocycles. The fraction of sp³-hybridized carbons (Fsp3) is 0.714. The monoisotopic (exact) mass is 312 g/mol. The van der Waals surface area contributed by atoms with Gasteiger partial charge in [0, 0.05) is 25.2 Å². The molecule has 1 aromatic rings. The van der Waals surface area contributed by atoms with Crippen molar-refractivity contribution in [2.45, 2.75) is 54.9 Å². The van der Waals surface area contributed by atoms with Crippen LogP contribution in [0, 0.1) is 5.92 Å². The Kier molecular flexibility index (Phi) is 3.18. The maximum absolute atomic E-state index is 12.7. The van der Waals surface area contributed by atoms with Crippen LogP contribution in [0.15, 0.2) is 15.7 Å². The third-order valence-electron chi connectivity index (χ3n) is 4.72. The van der Waals surface area contributed by atoms with Gasteiger partial charge in [-0.05, 0) is 55.0 Å². The molecule has 2 unspecified atom stereocenters. The molecule has 1 N–H and O–H groups in total. The molecule has 4 nitrogen and oxygen atoms in total. The lowest BCUT2D eigenvalue weighted by Crippen LogP contribution is -2.37. The summed E-state index contributed by atoms with van der Waals surface area (Å²) in [7, 11) is -3.25. The summed E-state index contributed by atoms with van der Waals surface area (Å²) in [5.74, 6) is 0.603. The minimum absolute atomic E-state index is 0.264. The Bertz CT molecular complexity index is 606. The van der Waals surface area contributed by atoms with Crippen molar-refractivity contribution in [3.05, 3.63) is 17.0 Å². The topological polar surface area (TPSA) is 49.4 Å². The fourth-order valence-corrected chi connectivity index (χ4v) is 6.50. The van der Waals surface area contributed by atoms with Crippen molar-refractivity contribution in [3.63, 3.8) is 0 Å². The first-order valence-electron chi connectivity index (χ1n) is 7.45. The first kappa shape index (κ1) is 13.2. The summed E-state index contributed by atoms with van der Waals surface area (Å²) in [5.41, 5.74) is 1.10. The molecule has 110 valence electrons. The molecule has 3 fully saturated rings. The molecule has 4 rings (SSSR count). The van der Waals surface area contributed by atoms with Crippen molar-refractivity contribution in [3.8, 4) is 0 Å². The summed E-state index contributed by atoms with van der Waals surface area (Å²) >= 11 is 1.37. The van der Waals surface area contributed by atoms with Crippen molar-refractivity contribution in [2.75, 3.05) is 6.54 Å². The molecule has 2 aliphatic carbocycles. The van der Waals surface area contributed by atoms with E-state index < -0.39 is 10.0 Å². The van der Waals surface area contributed by atoms with E-state index in [1.165, 1.54) is 30.6 Å². The lowest BCUT2D eigenvalue weighted by molar-refractivity contribution is 0.334. The summed E-state index contributed by atoms with van der Waals surface area (Å²) < 4.78 is 27.7. The maximum Gasteiger partial charge on any atom is 0.252 e. The second-order valence-corrected chi connectivity index (χ2v) is 9.37. The van der Waals surface area contributed by atoms with Gasteiger partial charge in [-0.1, -0.05) is 0 Å². The number of hydrogen-bond donors (Lipinski definition) is 1. The molecule has 0 spiro atoms. The largest absolute Gasteiger partial charge is 0.310 e. The van der Waals surface area contributed by atoms with Gasteiger partial charge in [0.15, 0.2) is 0 Å². The van der Waals surface area contributed by atoms with Gasteiger partial charge in [0.1, 0.15) is 4.21 Å². The van der Waals surface area contributed by atoms with E-state index in [-0.39, 0.29) is 6.04 Å². The summed E-state index contributed by atoms with van der Waals surface area (Å²) in [4.78, 5) is 0. The highest BCUT2D eigenvalue weighted by molar-refractivity contribution is 7.91. The Morgan fingerprint density at radius 3 is 2.80 bits per heavy atom. The Morgan fingerprint density at radius 1 is 1.30 bits per heavy atom. The van der Waals surface area contributed by atoms with Gasteiger partial charge in [-0.2, -0.15) is 4.31 Å². The molecule has 0 aromatic carbocycles. The molecule has 3 aliphatic rings. The van der Waals surface area contributed by atoms with E-state index in [0.717, 1.165) is 31.5 Å². The molecule has 1 aromatic heterocycles. The van der Waals surface area contributed by atoms with Gasteiger partial charge in [-0.3, -0.25) is 0 Å². The van der Waals surface area contributed by atoms with Crippen LogP contribution in [0.2, 0.25) is 0 Å². The van der Waals surface area contributed by atoms with Crippen LogP contribution >= 0.6 is 11.3 Å². The van der Waals surface area contributed by atoms with Crippen LogP contribution in [-0.2, 0) is 16.6 Å². The zero-order valence-corrected chi connectivity index (χ0v) is 13.0. The lowest BCUT2D eigenvalue weighted by atomic mass is 10.1. The summed E-state index contributed by atoms with van der Waals surface area (Å²) in [6.45, 7) is 1.53. The second kappa shape index (κ2) is 4.80. The molecule has 2 heterocycles. The number of nitrogens with one attached hydrogen (secondary N) is 1. The maximum atomic E-state index is 12.7. The van der Waals surface area contributed by atoms with Crippen LogP contribution in [0.3, 0.4) is 0 Å². The van der Waals surface area contributed by atoms with Crippen LogP contribution in [0.5, 0.6) is 0 Å². The van der Waals surface area contributed by atoms with Crippen molar-refractivity contribution < 1.29 is 8.42 Å². The Balaban J connectivity index is 1.50. The zero-order chi connectivity index (χ0) is 13.7. The van der Waals surface area contributed by atoms with E-state index in [1.807, 2.05) is 11.4 Å². The van der Waals surface area contributed by atoms with Gasteiger partial charge in [0.05, 0.1) is 0 Å². The number of nitrogens with zero attached hydrogens (tertiary/aromatic N) is 1. The van der Waals surface area contributed by atoms with E-state index in [0.29, 0.717) is 16.2 Å². The van der Waals surface area contributed by atoms with Crippen molar-refractivity contribution in [1.82, 2.24) is 9.62 Å². The molecule has 20 heavy (non-hydrogen) atoms. The average Bonchev–Trinajstić information content (AvgIpc) is 2.87. The van der Waals surface area contributed by atoms with Gasteiger partial charge >= 0.3 is 0 Å². The van der Waals surface area contributed by atoms with E-state index in [9.17, 15) is 8.42 Å². The van der Waals surface area contributed by atoms with Gasteiger partial charge in [0.25, 0.3) is 10.0 Å². The van der Waals surface area contributed by atoms with Crippen molar-refractivity contribution in [2.24, 2.45) is 5.92 Å². The SMILES string of the molecule is O=S(=O)(c1cc(CNC2CC2)cs1)N1CC2CCC1C2. The highest BCUT2D eigenvalue weighted by Gasteiger charge is 2.44. The Hall–Kier alpha value is -0.430. The number of hydrogen-bond acceptors (Lipinski definition) is 4. The van der Waals surface area contributed by atoms with Gasteiger partial charge in [-0.25, -0.2) is 8.42 Å². The molecule has 1 saturated heterocycles. The van der Waals surface area contributed by atoms with Gasteiger partial charge in [0.2, 0.25) is 0 Å². The average molecular weight is 312 g/mol. The highest BCUT2D eigenvalue weighted by atomic mass is 32.2. The minimum Gasteiger partial charge on any atom is -0.310 e. The Morgan fingerprint density at radius 2 is 2.15 bits per heavy atom. The first-order chi connectivity index (χ1) is 9.63. The van der Waals surface area contributed by atoms with E-state index >= 15 is 0 Å². The lowest BCUT2D eigenvalue weighted by Gasteiger charge is -2.25. The minimum atomic E-state index is -3.25. The third kappa shape index (κ3) is 2.32. The van der Waals surface area contributed by atoms with Crippen LogP contribution < -0.4 is 5.32 Å². The number of thiophene rings is 1.